The molecular weight excluding hydrogens is 160 g/mol. The van der Waals surface area contributed by atoms with E-state index in [-0.39, 0.29) is 0 Å². The third-order valence-electron chi connectivity index (χ3n) is 2.26. The Labute approximate surface area is 80.4 Å². The average molecular weight is 178 g/mol. The molecule has 1 aromatic rings. The van der Waals surface area contributed by atoms with Gasteiger partial charge in [0, 0.05) is 17.9 Å². The minimum absolute atomic E-state index is 0.432. The molecule has 0 aliphatic heterocycles. The molecular formula is C11H18N2. The van der Waals surface area contributed by atoms with E-state index in [1.165, 1.54) is 5.56 Å². The molecule has 0 aliphatic rings. The van der Waals surface area contributed by atoms with Crippen molar-refractivity contribution in [3.8, 4) is 0 Å². The Morgan fingerprint density at radius 1 is 1.38 bits per heavy atom. The Morgan fingerprint density at radius 3 is 2.54 bits per heavy atom. The fourth-order valence-electron chi connectivity index (χ4n) is 1.65. The fraction of sp³-hybridized carbons (Fsp3) is 0.545. The number of hydrogen-bond donors (Lipinski definition) is 1. The van der Waals surface area contributed by atoms with Crippen LogP contribution in [-0.4, -0.2) is 12.0 Å². The van der Waals surface area contributed by atoms with Crippen molar-refractivity contribution in [1.29, 1.82) is 0 Å². The van der Waals surface area contributed by atoms with E-state index in [1.807, 2.05) is 20.2 Å². The molecule has 13 heavy (non-hydrogen) atoms. The molecule has 0 aromatic carbocycles. The van der Waals surface area contributed by atoms with Gasteiger partial charge < -0.3 is 5.32 Å². The van der Waals surface area contributed by atoms with Crippen LogP contribution >= 0.6 is 0 Å². The first-order chi connectivity index (χ1) is 6.15. The van der Waals surface area contributed by atoms with Crippen LogP contribution in [0.15, 0.2) is 18.3 Å². The molecule has 0 fully saturated rings. The molecule has 1 N–H and O–H groups in total. The molecule has 0 aliphatic carbocycles. The SMILES string of the molecule is CNC(c1ccnc(C)c1)C(C)C. The minimum atomic E-state index is 0.432. The second kappa shape index (κ2) is 4.38. The fourth-order valence-corrected chi connectivity index (χ4v) is 1.65. The first-order valence-corrected chi connectivity index (χ1v) is 4.75. The molecule has 0 saturated carbocycles. The Hall–Kier alpha value is -0.890. The topological polar surface area (TPSA) is 24.9 Å². The van der Waals surface area contributed by atoms with Gasteiger partial charge in [-0.2, -0.15) is 0 Å². The summed E-state index contributed by atoms with van der Waals surface area (Å²) < 4.78 is 0. The largest absolute Gasteiger partial charge is 0.313 e. The molecule has 0 saturated heterocycles. The lowest BCUT2D eigenvalue weighted by atomic mass is 9.97. The molecule has 0 radical (unpaired) electrons. The number of aryl methyl sites for hydroxylation is 1. The Morgan fingerprint density at radius 2 is 2.08 bits per heavy atom. The van der Waals surface area contributed by atoms with E-state index in [4.69, 9.17) is 0 Å². The summed E-state index contributed by atoms with van der Waals surface area (Å²) in [5.74, 6) is 0.604. The van der Waals surface area contributed by atoms with E-state index >= 15 is 0 Å². The smallest absolute Gasteiger partial charge is 0.0375 e. The predicted molar refractivity (Wildman–Crippen MR) is 55.6 cm³/mol. The molecule has 2 nitrogen and oxygen atoms in total. The van der Waals surface area contributed by atoms with Crippen LogP contribution in [-0.2, 0) is 0 Å². The molecule has 0 bridgehead atoms. The molecule has 2 heteroatoms. The number of pyridine rings is 1. The van der Waals surface area contributed by atoms with Gasteiger partial charge in [-0.3, -0.25) is 4.98 Å². The molecule has 0 spiro atoms. The number of aromatic nitrogens is 1. The Balaban J connectivity index is 2.91. The average Bonchev–Trinajstić information content (AvgIpc) is 2.04. The maximum Gasteiger partial charge on any atom is 0.0375 e. The normalized spacial score (nSPS) is 13.3. The second-order valence-corrected chi connectivity index (χ2v) is 3.74. The van der Waals surface area contributed by atoms with Crippen molar-refractivity contribution in [3.05, 3.63) is 29.6 Å². The highest BCUT2D eigenvalue weighted by Crippen LogP contribution is 2.20. The van der Waals surface area contributed by atoms with Crippen LogP contribution in [0, 0.1) is 12.8 Å². The summed E-state index contributed by atoms with van der Waals surface area (Å²) in [7, 11) is 2.00. The van der Waals surface area contributed by atoms with Gasteiger partial charge >= 0.3 is 0 Å². The van der Waals surface area contributed by atoms with E-state index < -0.39 is 0 Å². The zero-order valence-corrected chi connectivity index (χ0v) is 8.83. The van der Waals surface area contributed by atoms with Gasteiger partial charge in [-0.05, 0) is 37.6 Å². The molecule has 1 atom stereocenters. The summed E-state index contributed by atoms with van der Waals surface area (Å²) in [4.78, 5) is 4.19. The molecule has 1 heterocycles. The summed E-state index contributed by atoms with van der Waals surface area (Å²) in [6.07, 6.45) is 1.87. The van der Waals surface area contributed by atoms with Crippen LogP contribution in [0.1, 0.15) is 31.1 Å². The first kappa shape index (κ1) is 10.2. The van der Waals surface area contributed by atoms with Crippen LogP contribution in [0.5, 0.6) is 0 Å². The van der Waals surface area contributed by atoms with Gasteiger partial charge in [0.15, 0.2) is 0 Å². The van der Waals surface area contributed by atoms with E-state index in [0.29, 0.717) is 12.0 Å². The van der Waals surface area contributed by atoms with Gasteiger partial charge in [0.25, 0.3) is 0 Å². The highest BCUT2D eigenvalue weighted by atomic mass is 14.9. The molecule has 1 rings (SSSR count). The molecule has 1 unspecified atom stereocenters. The highest BCUT2D eigenvalue weighted by molar-refractivity contribution is 5.19. The van der Waals surface area contributed by atoms with E-state index in [2.05, 4.69) is 36.3 Å². The third-order valence-corrected chi connectivity index (χ3v) is 2.26. The highest BCUT2D eigenvalue weighted by Gasteiger charge is 2.12. The first-order valence-electron chi connectivity index (χ1n) is 4.75. The number of hydrogen-bond acceptors (Lipinski definition) is 2. The maximum atomic E-state index is 4.19. The third kappa shape index (κ3) is 2.52. The summed E-state index contributed by atoms with van der Waals surface area (Å²) in [5, 5.41) is 3.32. The lowest BCUT2D eigenvalue weighted by Crippen LogP contribution is -2.21. The van der Waals surface area contributed by atoms with Gasteiger partial charge in [-0.1, -0.05) is 13.8 Å². The zero-order chi connectivity index (χ0) is 9.84. The number of rotatable bonds is 3. The van der Waals surface area contributed by atoms with Crippen molar-refractivity contribution < 1.29 is 0 Å². The van der Waals surface area contributed by atoms with Crippen LogP contribution < -0.4 is 5.32 Å². The van der Waals surface area contributed by atoms with Crippen molar-refractivity contribution in [3.63, 3.8) is 0 Å². The summed E-state index contributed by atoms with van der Waals surface area (Å²) in [6.45, 7) is 6.46. The quantitative estimate of drug-likeness (QED) is 0.768. The lowest BCUT2D eigenvalue weighted by Gasteiger charge is -2.20. The zero-order valence-electron chi connectivity index (χ0n) is 8.83. The van der Waals surface area contributed by atoms with Gasteiger partial charge in [0.2, 0.25) is 0 Å². The molecule has 1 aromatic heterocycles. The van der Waals surface area contributed by atoms with Crippen molar-refractivity contribution in [2.45, 2.75) is 26.8 Å². The lowest BCUT2D eigenvalue weighted by molar-refractivity contribution is 0.442. The number of nitrogens with zero attached hydrogens (tertiary/aromatic N) is 1. The standard InChI is InChI=1S/C11H18N2/c1-8(2)11(12-4)10-5-6-13-9(3)7-10/h5-8,11-12H,1-4H3. The Kier molecular flexibility index (Phi) is 3.43. The minimum Gasteiger partial charge on any atom is -0.313 e. The summed E-state index contributed by atoms with van der Waals surface area (Å²) >= 11 is 0. The van der Waals surface area contributed by atoms with Crippen molar-refractivity contribution in [2.75, 3.05) is 7.05 Å². The van der Waals surface area contributed by atoms with Gasteiger partial charge in [-0.25, -0.2) is 0 Å². The van der Waals surface area contributed by atoms with E-state index in [1.54, 1.807) is 0 Å². The predicted octanol–water partition coefficient (Wildman–Crippen LogP) is 2.31. The van der Waals surface area contributed by atoms with Crippen molar-refractivity contribution >= 4 is 0 Å². The van der Waals surface area contributed by atoms with Gasteiger partial charge in [0.05, 0.1) is 0 Å². The van der Waals surface area contributed by atoms with Crippen LogP contribution in [0.4, 0.5) is 0 Å². The van der Waals surface area contributed by atoms with Gasteiger partial charge in [0.1, 0.15) is 0 Å². The number of nitrogens with one attached hydrogen (secondary N) is 1. The summed E-state index contributed by atoms with van der Waals surface area (Å²) in [6, 6.07) is 4.65. The van der Waals surface area contributed by atoms with Gasteiger partial charge in [-0.15, -0.1) is 0 Å². The second-order valence-electron chi connectivity index (χ2n) is 3.74. The van der Waals surface area contributed by atoms with E-state index in [9.17, 15) is 0 Å². The Bertz CT molecular complexity index is 269. The van der Waals surface area contributed by atoms with Crippen molar-refractivity contribution in [1.82, 2.24) is 10.3 Å². The van der Waals surface area contributed by atoms with Crippen LogP contribution in [0.3, 0.4) is 0 Å². The molecule has 72 valence electrons. The summed E-state index contributed by atoms with van der Waals surface area (Å²) in [5.41, 5.74) is 2.41. The van der Waals surface area contributed by atoms with E-state index in [0.717, 1.165) is 5.69 Å². The van der Waals surface area contributed by atoms with Crippen LogP contribution in [0.25, 0.3) is 0 Å². The maximum absolute atomic E-state index is 4.19. The van der Waals surface area contributed by atoms with Crippen LogP contribution in [0.2, 0.25) is 0 Å². The monoisotopic (exact) mass is 178 g/mol. The molecule has 0 amide bonds. The van der Waals surface area contributed by atoms with Crippen molar-refractivity contribution in [2.24, 2.45) is 5.92 Å².